The van der Waals surface area contributed by atoms with Gasteiger partial charge in [-0.1, -0.05) is 6.07 Å². The number of pyridine rings is 1. The molecule has 0 saturated carbocycles. The molecular weight excluding hydrogens is 286 g/mol. The normalized spacial score (nSPS) is 11.3. The smallest absolute Gasteiger partial charge is 0.175 e. The highest BCUT2D eigenvalue weighted by Gasteiger charge is 2.08. The second kappa shape index (κ2) is 5.59. The molecule has 19 heavy (non-hydrogen) atoms. The first-order valence-corrected chi connectivity index (χ1v) is 7.90. The number of sulfone groups is 1. The molecule has 0 aliphatic carbocycles. The van der Waals surface area contributed by atoms with Crippen molar-refractivity contribution in [1.29, 1.82) is 0 Å². The number of halogens is 1. The summed E-state index contributed by atoms with van der Waals surface area (Å²) in [5.41, 5.74) is 0.693. The van der Waals surface area contributed by atoms with E-state index in [1.807, 2.05) is 0 Å². The molecule has 0 amide bonds. The van der Waals surface area contributed by atoms with Crippen molar-refractivity contribution in [1.82, 2.24) is 4.98 Å². The van der Waals surface area contributed by atoms with E-state index in [4.69, 9.17) is 16.3 Å². The van der Waals surface area contributed by atoms with Crippen molar-refractivity contribution >= 4 is 21.4 Å². The van der Waals surface area contributed by atoms with E-state index >= 15 is 0 Å². The Bertz CT molecular complexity index is 686. The summed E-state index contributed by atoms with van der Waals surface area (Å²) >= 11 is 5.69. The van der Waals surface area contributed by atoms with Crippen LogP contribution < -0.4 is 4.74 Å². The van der Waals surface area contributed by atoms with E-state index in [9.17, 15) is 8.42 Å². The highest BCUT2D eigenvalue weighted by Crippen LogP contribution is 2.24. The molecule has 1 aromatic carbocycles. The Kier molecular flexibility index (Phi) is 4.07. The summed E-state index contributed by atoms with van der Waals surface area (Å²) in [5, 5.41) is 0. The first kappa shape index (κ1) is 13.8. The SMILES string of the molecule is CS(=O)(=O)c1cccc(Oc2ccnc(CCl)c2)c1. The molecule has 0 spiro atoms. The third-order valence-electron chi connectivity index (χ3n) is 2.39. The highest BCUT2D eigenvalue weighted by molar-refractivity contribution is 7.90. The fourth-order valence-electron chi connectivity index (χ4n) is 1.50. The van der Waals surface area contributed by atoms with Gasteiger partial charge < -0.3 is 4.74 Å². The van der Waals surface area contributed by atoms with Gasteiger partial charge in [0.1, 0.15) is 11.5 Å². The number of hydrogen-bond acceptors (Lipinski definition) is 4. The molecule has 2 rings (SSSR count). The number of benzene rings is 1. The molecule has 2 aromatic rings. The zero-order valence-corrected chi connectivity index (χ0v) is 11.8. The first-order valence-electron chi connectivity index (χ1n) is 5.48. The van der Waals surface area contributed by atoms with Crippen molar-refractivity contribution in [2.24, 2.45) is 0 Å². The maximum Gasteiger partial charge on any atom is 0.175 e. The molecule has 0 saturated heterocycles. The molecule has 1 heterocycles. The molecular formula is C13H12ClNO3S. The van der Waals surface area contributed by atoms with Crippen molar-refractivity contribution in [3.63, 3.8) is 0 Å². The average molecular weight is 298 g/mol. The number of nitrogens with zero attached hydrogens (tertiary/aromatic N) is 1. The van der Waals surface area contributed by atoms with Gasteiger partial charge in [0, 0.05) is 18.5 Å². The van der Waals surface area contributed by atoms with Crippen LogP contribution in [0.1, 0.15) is 5.69 Å². The Labute approximate surface area is 116 Å². The van der Waals surface area contributed by atoms with E-state index in [1.54, 1.807) is 30.5 Å². The van der Waals surface area contributed by atoms with E-state index in [1.165, 1.54) is 12.1 Å². The van der Waals surface area contributed by atoms with Gasteiger partial charge in [-0.15, -0.1) is 11.6 Å². The standard InChI is InChI=1S/C13H12ClNO3S/c1-19(16,17)13-4-2-3-11(8-13)18-12-5-6-15-10(7-12)9-14/h2-8H,9H2,1H3. The predicted octanol–water partition coefficient (Wildman–Crippen LogP) is 3.02. The summed E-state index contributed by atoms with van der Waals surface area (Å²) < 4.78 is 28.5. The molecule has 0 aliphatic rings. The van der Waals surface area contributed by atoms with Crippen LogP contribution in [0, 0.1) is 0 Å². The summed E-state index contributed by atoms with van der Waals surface area (Å²) in [7, 11) is -3.24. The number of ether oxygens (including phenoxy) is 1. The average Bonchev–Trinajstić information content (AvgIpc) is 2.38. The first-order chi connectivity index (χ1) is 8.99. The van der Waals surface area contributed by atoms with E-state index in [0.717, 1.165) is 6.26 Å². The molecule has 0 bridgehead atoms. The fourth-order valence-corrected chi connectivity index (χ4v) is 2.30. The summed E-state index contributed by atoms with van der Waals surface area (Å²) in [5.74, 6) is 1.31. The van der Waals surface area contributed by atoms with Gasteiger partial charge in [0.05, 0.1) is 16.5 Å². The van der Waals surface area contributed by atoms with Gasteiger partial charge in [-0.25, -0.2) is 8.42 Å². The van der Waals surface area contributed by atoms with E-state index in [2.05, 4.69) is 4.98 Å². The molecule has 0 atom stereocenters. The molecule has 4 nitrogen and oxygen atoms in total. The monoisotopic (exact) mass is 297 g/mol. The Morgan fingerprint density at radius 1 is 1.21 bits per heavy atom. The predicted molar refractivity (Wildman–Crippen MR) is 73.4 cm³/mol. The second-order valence-electron chi connectivity index (χ2n) is 3.97. The summed E-state index contributed by atoms with van der Waals surface area (Å²) in [6, 6.07) is 9.73. The topological polar surface area (TPSA) is 56.3 Å². The zero-order valence-electron chi connectivity index (χ0n) is 10.2. The lowest BCUT2D eigenvalue weighted by molar-refractivity contribution is 0.479. The van der Waals surface area contributed by atoms with Crippen molar-refractivity contribution in [3.05, 3.63) is 48.3 Å². The van der Waals surface area contributed by atoms with E-state index < -0.39 is 9.84 Å². The van der Waals surface area contributed by atoms with Gasteiger partial charge >= 0.3 is 0 Å². The van der Waals surface area contributed by atoms with Crippen LogP contribution in [0.4, 0.5) is 0 Å². The number of rotatable bonds is 4. The third kappa shape index (κ3) is 3.68. The van der Waals surface area contributed by atoms with Gasteiger partial charge in [-0.3, -0.25) is 4.98 Å². The molecule has 0 N–H and O–H groups in total. The molecule has 0 aliphatic heterocycles. The van der Waals surface area contributed by atoms with Gasteiger partial charge in [-0.2, -0.15) is 0 Å². The van der Waals surface area contributed by atoms with Crippen molar-refractivity contribution < 1.29 is 13.2 Å². The number of hydrogen-bond donors (Lipinski definition) is 0. The maximum atomic E-state index is 11.5. The highest BCUT2D eigenvalue weighted by atomic mass is 35.5. The van der Waals surface area contributed by atoms with Crippen LogP contribution >= 0.6 is 11.6 Å². The molecule has 0 radical (unpaired) electrons. The Morgan fingerprint density at radius 3 is 2.63 bits per heavy atom. The lowest BCUT2D eigenvalue weighted by Gasteiger charge is -2.07. The van der Waals surface area contributed by atoms with Crippen molar-refractivity contribution in [2.75, 3.05) is 6.26 Å². The Hall–Kier alpha value is -1.59. The summed E-state index contributed by atoms with van der Waals surface area (Å²) in [6.45, 7) is 0. The quantitative estimate of drug-likeness (QED) is 0.814. The van der Waals surface area contributed by atoms with Crippen LogP contribution in [-0.4, -0.2) is 19.7 Å². The Balaban J connectivity index is 2.28. The maximum absolute atomic E-state index is 11.5. The summed E-state index contributed by atoms with van der Waals surface area (Å²) in [4.78, 5) is 4.27. The van der Waals surface area contributed by atoms with Crippen molar-refractivity contribution in [2.45, 2.75) is 10.8 Å². The second-order valence-corrected chi connectivity index (χ2v) is 6.25. The largest absolute Gasteiger partial charge is 0.457 e. The molecule has 1 aromatic heterocycles. The van der Waals surface area contributed by atoms with Crippen LogP contribution in [0.3, 0.4) is 0 Å². The van der Waals surface area contributed by atoms with Gasteiger partial charge in [0.15, 0.2) is 9.84 Å². The van der Waals surface area contributed by atoms with Crippen LogP contribution in [0.5, 0.6) is 11.5 Å². The van der Waals surface area contributed by atoms with Crippen molar-refractivity contribution in [3.8, 4) is 11.5 Å². The molecule has 0 fully saturated rings. The van der Waals surface area contributed by atoms with Crippen LogP contribution in [0.25, 0.3) is 0 Å². The van der Waals surface area contributed by atoms with Crippen LogP contribution in [0.2, 0.25) is 0 Å². The minimum Gasteiger partial charge on any atom is -0.457 e. The van der Waals surface area contributed by atoms with E-state index in [0.29, 0.717) is 23.1 Å². The van der Waals surface area contributed by atoms with Crippen LogP contribution in [-0.2, 0) is 15.7 Å². The van der Waals surface area contributed by atoms with Crippen LogP contribution in [0.15, 0.2) is 47.5 Å². The van der Waals surface area contributed by atoms with Gasteiger partial charge in [0.25, 0.3) is 0 Å². The summed E-state index contributed by atoms with van der Waals surface area (Å²) in [6.07, 6.45) is 2.75. The lowest BCUT2D eigenvalue weighted by atomic mass is 10.3. The Morgan fingerprint density at radius 2 is 1.95 bits per heavy atom. The fraction of sp³-hybridized carbons (Fsp3) is 0.154. The molecule has 6 heteroatoms. The van der Waals surface area contributed by atoms with Gasteiger partial charge in [0.2, 0.25) is 0 Å². The van der Waals surface area contributed by atoms with Gasteiger partial charge in [-0.05, 0) is 24.3 Å². The zero-order chi connectivity index (χ0) is 13.9. The third-order valence-corrected chi connectivity index (χ3v) is 3.78. The number of aromatic nitrogens is 1. The van der Waals surface area contributed by atoms with E-state index in [-0.39, 0.29) is 4.90 Å². The molecule has 0 unspecified atom stereocenters. The minimum atomic E-state index is -3.24. The number of alkyl halides is 1. The lowest BCUT2D eigenvalue weighted by Crippen LogP contribution is -1.97. The minimum absolute atomic E-state index is 0.219. The molecule has 100 valence electrons.